The molecule has 2 aromatic carbocycles. The van der Waals surface area contributed by atoms with Crippen LogP contribution in [-0.2, 0) is 6.54 Å². The summed E-state index contributed by atoms with van der Waals surface area (Å²) in [5.41, 5.74) is 16.6. The standard InChI is InChI=1S/C21H28N4O3/c1-12-15(7-8-17(25-14(3)23)20(12)13(2)22)11-24-16-9-18(26-4)21(28-6)19(10-16)27-5/h7-10,24H,2,11,22H2,1,3-6H3,(H2,23,25). The Morgan fingerprint density at radius 1 is 1.07 bits per heavy atom. The van der Waals surface area contributed by atoms with Gasteiger partial charge in [-0.05, 0) is 31.0 Å². The minimum absolute atomic E-state index is 0.451. The monoisotopic (exact) mass is 384 g/mol. The molecule has 0 spiro atoms. The average Bonchev–Trinajstić information content (AvgIpc) is 2.65. The molecule has 0 heterocycles. The number of ether oxygens (including phenoxy) is 3. The average molecular weight is 384 g/mol. The van der Waals surface area contributed by atoms with Crippen molar-refractivity contribution in [1.82, 2.24) is 0 Å². The topological polar surface area (TPSA) is 104 Å². The van der Waals surface area contributed by atoms with Crippen LogP contribution in [0.5, 0.6) is 17.2 Å². The highest BCUT2D eigenvalue weighted by Crippen LogP contribution is 2.40. The van der Waals surface area contributed by atoms with Crippen molar-refractivity contribution in [3.8, 4) is 17.2 Å². The maximum absolute atomic E-state index is 6.00. The van der Waals surface area contributed by atoms with Crippen LogP contribution in [0.15, 0.2) is 35.8 Å². The highest BCUT2D eigenvalue weighted by molar-refractivity contribution is 5.84. The second-order valence-corrected chi connectivity index (χ2v) is 6.29. The molecule has 0 saturated heterocycles. The van der Waals surface area contributed by atoms with E-state index in [1.165, 1.54) is 0 Å². The Kier molecular flexibility index (Phi) is 6.76. The van der Waals surface area contributed by atoms with E-state index in [9.17, 15) is 0 Å². The molecule has 0 amide bonds. The third-order valence-electron chi connectivity index (χ3n) is 4.32. The first-order valence-corrected chi connectivity index (χ1v) is 8.74. The summed E-state index contributed by atoms with van der Waals surface area (Å²) in [4.78, 5) is 4.35. The minimum atomic E-state index is 0.451. The Morgan fingerprint density at radius 3 is 2.14 bits per heavy atom. The van der Waals surface area contributed by atoms with Gasteiger partial charge in [0.2, 0.25) is 5.75 Å². The molecule has 0 aliphatic heterocycles. The van der Waals surface area contributed by atoms with E-state index < -0.39 is 0 Å². The molecule has 0 aliphatic rings. The Balaban J connectivity index is 2.36. The fraction of sp³-hybridized carbons (Fsp3) is 0.286. The molecule has 0 aromatic heterocycles. The van der Waals surface area contributed by atoms with Gasteiger partial charge in [-0.1, -0.05) is 12.6 Å². The van der Waals surface area contributed by atoms with Crippen LogP contribution >= 0.6 is 0 Å². The van der Waals surface area contributed by atoms with Gasteiger partial charge in [-0.3, -0.25) is 0 Å². The summed E-state index contributed by atoms with van der Waals surface area (Å²) in [6.07, 6.45) is 0. The fourth-order valence-corrected chi connectivity index (χ4v) is 3.00. The number of hydrogen-bond donors (Lipinski definition) is 3. The quantitative estimate of drug-likeness (QED) is 0.475. The van der Waals surface area contributed by atoms with Crippen LogP contribution in [0.4, 0.5) is 11.4 Å². The van der Waals surface area contributed by atoms with E-state index in [2.05, 4.69) is 16.9 Å². The van der Waals surface area contributed by atoms with Crippen molar-refractivity contribution >= 4 is 22.9 Å². The molecule has 0 bridgehead atoms. The van der Waals surface area contributed by atoms with Crippen LogP contribution in [0.1, 0.15) is 23.6 Å². The predicted octanol–water partition coefficient (Wildman–Crippen LogP) is 3.57. The number of aliphatic imine (C=N–C) groups is 1. The number of benzene rings is 2. The normalized spacial score (nSPS) is 11.1. The van der Waals surface area contributed by atoms with Gasteiger partial charge in [0, 0.05) is 35.6 Å². The Bertz CT molecular complexity index is 878. The van der Waals surface area contributed by atoms with Gasteiger partial charge in [-0.15, -0.1) is 0 Å². The molecule has 0 unspecified atom stereocenters. The van der Waals surface area contributed by atoms with Gasteiger partial charge in [0.25, 0.3) is 0 Å². The van der Waals surface area contributed by atoms with Gasteiger partial charge in [0.05, 0.1) is 32.9 Å². The molecule has 2 rings (SSSR count). The molecule has 0 saturated carbocycles. The summed E-state index contributed by atoms with van der Waals surface area (Å²) >= 11 is 0. The number of nitrogens with two attached hydrogens (primary N) is 2. The molecule has 0 radical (unpaired) electrons. The number of rotatable bonds is 8. The SMILES string of the molecule is C=C(N)c1c(N=C(C)N)ccc(CNc2cc(OC)c(OC)c(OC)c2)c1C. The minimum Gasteiger partial charge on any atom is -0.493 e. The molecule has 0 fully saturated rings. The Labute approximate surface area is 166 Å². The van der Waals surface area contributed by atoms with E-state index in [0.717, 1.165) is 22.4 Å². The summed E-state index contributed by atoms with van der Waals surface area (Å²) in [5.74, 6) is 2.18. The highest BCUT2D eigenvalue weighted by Gasteiger charge is 2.14. The van der Waals surface area contributed by atoms with E-state index in [-0.39, 0.29) is 0 Å². The van der Waals surface area contributed by atoms with Crippen LogP contribution in [0.3, 0.4) is 0 Å². The summed E-state index contributed by atoms with van der Waals surface area (Å²) in [7, 11) is 4.75. The van der Waals surface area contributed by atoms with Crippen LogP contribution in [0, 0.1) is 6.92 Å². The lowest BCUT2D eigenvalue weighted by Crippen LogP contribution is -2.08. The van der Waals surface area contributed by atoms with Gasteiger partial charge >= 0.3 is 0 Å². The number of anilines is 1. The van der Waals surface area contributed by atoms with Crippen molar-refractivity contribution in [1.29, 1.82) is 0 Å². The smallest absolute Gasteiger partial charge is 0.203 e. The Hall–Kier alpha value is -3.35. The van der Waals surface area contributed by atoms with Crippen molar-refractivity contribution < 1.29 is 14.2 Å². The second-order valence-electron chi connectivity index (χ2n) is 6.29. The largest absolute Gasteiger partial charge is 0.493 e. The Morgan fingerprint density at radius 2 is 1.68 bits per heavy atom. The second kappa shape index (κ2) is 9.03. The fourth-order valence-electron chi connectivity index (χ4n) is 3.00. The van der Waals surface area contributed by atoms with Crippen LogP contribution < -0.4 is 31.0 Å². The van der Waals surface area contributed by atoms with E-state index in [1.807, 2.05) is 31.2 Å². The number of nitrogens with one attached hydrogen (secondary N) is 1. The van der Waals surface area contributed by atoms with Crippen molar-refractivity contribution in [2.45, 2.75) is 20.4 Å². The lowest BCUT2D eigenvalue weighted by atomic mass is 9.98. The first kappa shape index (κ1) is 21.0. The van der Waals surface area contributed by atoms with Gasteiger partial charge in [-0.2, -0.15) is 0 Å². The molecule has 5 N–H and O–H groups in total. The summed E-state index contributed by atoms with van der Waals surface area (Å²) < 4.78 is 16.2. The van der Waals surface area contributed by atoms with Gasteiger partial charge < -0.3 is 31.0 Å². The summed E-state index contributed by atoms with van der Waals surface area (Å²) in [6, 6.07) is 7.60. The third-order valence-corrected chi connectivity index (χ3v) is 4.32. The maximum Gasteiger partial charge on any atom is 0.203 e. The predicted molar refractivity (Wildman–Crippen MR) is 115 cm³/mol. The van der Waals surface area contributed by atoms with Crippen molar-refractivity contribution in [2.75, 3.05) is 26.6 Å². The van der Waals surface area contributed by atoms with Crippen LogP contribution in [-0.4, -0.2) is 27.2 Å². The number of amidine groups is 1. The van der Waals surface area contributed by atoms with Gasteiger partial charge in [0.15, 0.2) is 11.5 Å². The van der Waals surface area contributed by atoms with E-state index >= 15 is 0 Å². The lowest BCUT2D eigenvalue weighted by Gasteiger charge is -2.17. The third kappa shape index (κ3) is 4.49. The summed E-state index contributed by atoms with van der Waals surface area (Å²) in [6.45, 7) is 8.17. The number of methoxy groups -OCH3 is 3. The molecule has 0 atom stereocenters. The molecule has 28 heavy (non-hydrogen) atoms. The molecular formula is C21H28N4O3. The zero-order valence-electron chi connectivity index (χ0n) is 17.1. The molecule has 0 aliphatic carbocycles. The van der Waals surface area contributed by atoms with Crippen molar-refractivity contribution in [3.05, 3.63) is 47.5 Å². The number of hydrogen-bond acceptors (Lipinski definition) is 6. The molecule has 2 aromatic rings. The van der Waals surface area contributed by atoms with E-state index in [0.29, 0.717) is 41.0 Å². The first-order valence-electron chi connectivity index (χ1n) is 8.74. The zero-order valence-corrected chi connectivity index (χ0v) is 17.1. The molecule has 150 valence electrons. The van der Waals surface area contributed by atoms with Crippen LogP contribution in [0.25, 0.3) is 5.70 Å². The maximum atomic E-state index is 6.00. The van der Waals surface area contributed by atoms with Gasteiger partial charge in [-0.25, -0.2) is 4.99 Å². The highest BCUT2D eigenvalue weighted by atomic mass is 16.5. The zero-order chi connectivity index (χ0) is 20.8. The van der Waals surface area contributed by atoms with Crippen molar-refractivity contribution in [3.63, 3.8) is 0 Å². The molecule has 7 heteroatoms. The van der Waals surface area contributed by atoms with E-state index in [4.69, 9.17) is 25.7 Å². The van der Waals surface area contributed by atoms with E-state index in [1.54, 1.807) is 28.3 Å². The van der Waals surface area contributed by atoms with Crippen molar-refractivity contribution in [2.24, 2.45) is 16.5 Å². The summed E-state index contributed by atoms with van der Waals surface area (Å²) in [5, 5.41) is 3.38. The number of nitrogens with zero attached hydrogens (tertiary/aromatic N) is 1. The molecule has 7 nitrogen and oxygen atoms in total. The van der Waals surface area contributed by atoms with Gasteiger partial charge in [0.1, 0.15) is 0 Å². The first-order chi connectivity index (χ1) is 13.3. The molecular weight excluding hydrogens is 356 g/mol. The van der Waals surface area contributed by atoms with Crippen LogP contribution in [0.2, 0.25) is 0 Å². The lowest BCUT2D eigenvalue weighted by molar-refractivity contribution is 0.324.